The average Bonchev–Trinajstić information content (AvgIpc) is 2.96. The maximum atomic E-state index is 12.8. The number of piperazine rings is 1. The van der Waals surface area contributed by atoms with Gasteiger partial charge >= 0.3 is 12.0 Å². The van der Waals surface area contributed by atoms with Gasteiger partial charge in [-0.25, -0.2) is 9.59 Å². The van der Waals surface area contributed by atoms with Crippen LogP contribution < -0.4 is 10.1 Å². The van der Waals surface area contributed by atoms with Crippen molar-refractivity contribution in [2.75, 3.05) is 52.3 Å². The van der Waals surface area contributed by atoms with Gasteiger partial charge in [0.05, 0.1) is 32.5 Å². The van der Waals surface area contributed by atoms with Crippen LogP contribution in [0, 0.1) is 0 Å². The number of carbonyl (C=O) groups excluding carboxylic acids is 2. The Morgan fingerprint density at radius 3 is 2.32 bits per heavy atom. The van der Waals surface area contributed by atoms with Crippen LogP contribution in [0.3, 0.4) is 0 Å². The highest BCUT2D eigenvalue weighted by molar-refractivity contribution is 6.30. The number of ether oxygens (including phenoxy) is 3. The SMILES string of the molecule is COC(=O)c1ccc(CO[C@@H](CN2CCN(C(=O)Nc3cccc(OC)c3)CC2)c2ccc(Cl)cc2)cc1. The Hall–Kier alpha value is -3.59. The Labute approximate surface area is 228 Å². The highest BCUT2D eigenvalue weighted by Crippen LogP contribution is 2.24. The molecule has 1 saturated heterocycles. The lowest BCUT2D eigenvalue weighted by Crippen LogP contribution is -2.50. The average molecular weight is 538 g/mol. The molecule has 0 radical (unpaired) electrons. The summed E-state index contributed by atoms with van der Waals surface area (Å²) in [4.78, 5) is 28.6. The Balaban J connectivity index is 1.34. The third-order valence-electron chi connectivity index (χ3n) is 6.47. The van der Waals surface area contributed by atoms with E-state index < -0.39 is 0 Å². The van der Waals surface area contributed by atoms with E-state index in [1.165, 1.54) is 7.11 Å². The molecule has 3 aromatic carbocycles. The fourth-order valence-corrected chi connectivity index (χ4v) is 4.38. The Kier molecular flexibility index (Phi) is 9.59. The molecule has 1 fully saturated rings. The molecule has 8 nitrogen and oxygen atoms in total. The number of anilines is 1. The number of amides is 2. The molecule has 0 aliphatic carbocycles. The second kappa shape index (κ2) is 13.3. The van der Waals surface area contributed by atoms with Crippen molar-refractivity contribution in [1.29, 1.82) is 0 Å². The number of carbonyl (C=O) groups is 2. The summed E-state index contributed by atoms with van der Waals surface area (Å²) in [6.45, 7) is 3.74. The molecule has 4 rings (SSSR count). The number of benzene rings is 3. The van der Waals surface area contributed by atoms with Crippen LogP contribution in [0.1, 0.15) is 27.6 Å². The first-order valence-corrected chi connectivity index (χ1v) is 12.8. The normalized spacial score (nSPS) is 14.6. The summed E-state index contributed by atoms with van der Waals surface area (Å²) in [5.74, 6) is 0.327. The van der Waals surface area contributed by atoms with Crippen molar-refractivity contribution < 1.29 is 23.8 Å². The number of nitrogens with zero attached hydrogens (tertiary/aromatic N) is 2. The van der Waals surface area contributed by atoms with Crippen molar-refractivity contribution in [1.82, 2.24) is 9.80 Å². The smallest absolute Gasteiger partial charge is 0.337 e. The zero-order valence-corrected chi connectivity index (χ0v) is 22.3. The van der Waals surface area contributed by atoms with E-state index >= 15 is 0 Å². The van der Waals surface area contributed by atoms with Gasteiger partial charge in [0.25, 0.3) is 0 Å². The fourth-order valence-electron chi connectivity index (χ4n) is 4.25. The molecule has 200 valence electrons. The van der Waals surface area contributed by atoms with Crippen molar-refractivity contribution in [3.05, 3.63) is 94.5 Å². The monoisotopic (exact) mass is 537 g/mol. The molecular weight excluding hydrogens is 506 g/mol. The molecule has 38 heavy (non-hydrogen) atoms. The van der Waals surface area contributed by atoms with E-state index in [1.54, 1.807) is 25.3 Å². The molecule has 1 atom stereocenters. The van der Waals surface area contributed by atoms with Gasteiger partial charge in [-0.3, -0.25) is 4.90 Å². The zero-order chi connectivity index (χ0) is 26.9. The minimum Gasteiger partial charge on any atom is -0.497 e. The van der Waals surface area contributed by atoms with Gasteiger partial charge in [0.1, 0.15) is 5.75 Å². The van der Waals surface area contributed by atoms with Crippen LogP contribution in [0.15, 0.2) is 72.8 Å². The van der Waals surface area contributed by atoms with Gasteiger partial charge in [0, 0.05) is 49.5 Å². The van der Waals surface area contributed by atoms with E-state index in [4.69, 9.17) is 25.8 Å². The maximum Gasteiger partial charge on any atom is 0.337 e. The molecule has 9 heteroatoms. The summed E-state index contributed by atoms with van der Waals surface area (Å²) < 4.78 is 16.4. The van der Waals surface area contributed by atoms with Crippen LogP contribution in [0.5, 0.6) is 5.75 Å². The molecule has 1 N–H and O–H groups in total. The molecule has 3 aromatic rings. The Bertz CT molecular complexity index is 1210. The second-order valence-electron chi connectivity index (χ2n) is 8.99. The molecule has 1 heterocycles. The second-order valence-corrected chi connectivity index (χ2v) is 9.43. The third-order valence-corrected chi connectivity index (χ3v) is 6.72. The van der Waals surface area contributed by atoms with E-state index in [0.717, 1.165) is 24.2 Å². The van der Waals surface area contributed by atoms with Crippen molar-refractivity contribution >= 4 is 29.3 Å². The predicted molar refractivity (Wildman–Crippen MR) is 147 cm³/mol. The predicted octanol–water partition coefficient (Wildman–Crippen LogP) is 5.24. The minimum atomic E-state index is -0.368. The van der Waals surface area contributed by atoms with Crippen LogP contribution in [-0.4, -0.2) is 68.7 Å². The third kappa shape index (κ3) is 7.47. The lowest BCUT2D eigenvalue weighted by Gasteiger charge is -2.36. The highest BCUT2D eigenvalue weighted by Gasteiger charge is 2.24. The molecule has 2 amide bonds. The van der Waals surface area contributed by atoms with E-state index in [0.29, 0.717) is 48.3 Å². The number of methoxy groups -OCH3 is 2. The van der Waals surface area contributed by atoms with Crippen LogP contribution in [-0.2, 0) is 16.1 Å². The lowest BCUT2D eigenvalue weighted by atomic mass is 10.1. The summed E-state index contributed by atoms with van der Waals surface area (Å²) in [6, 6.07) is 22.1. The Morgan fingerprint density at radius 2 is 1.66 bits per heavy atom. The number of hydrogen-bond acceptors (Lipinski definition) is 6. The molecule has 1 aliphatic rings. The number of nitrogens with one attached hydrogen (secondary N) is 1. The van der Waals surface area contributed by atoms with Crippen molar-refractivity contribution in [3.63, 3.8) is 0 Å². The summed E-state index contributed by atoms with van der Waals surface area (Å²) in [5.41, 5.74) is 3.18. The van der Waals surface area contributed by atoms with Crippen LogP contribution >= 0.6 is 11.6 Å². The van der Waals surface area contributed by atoms with Gasteiger partial charge in [-0.2, -0.15) is 0 Å². The summed E-state index contributed by atoms with van der Waals surface area (Å²) in [5, 5.41) is 3.62. The number of esters is 1. The molecule has 0 unspecified atom stereocenters. The van der Waals surface area contributed by atoms with Gasteiger partial charge < -0.3 is 24.4 Å². The van der Waals surface area contributed by atoms with Crippen LogP contribution in [0.25, 0.3) is 0 Å². The van der Waals surface area contributed by atoms with Crippen LogP contribution in [0.2, 0.25) is 5.02 Å². The standard InChI is InChI=1S/C29H32ClN3O5/c1-36-26-5-3-4-25(18-26)31-29(35)33-16-14-32(15-17-33)19-27(22-10-12-24(30)13-11-22)38-20-21-6-8-23(9-7-21)28(34)37-2/h3-13,18,27H,14-17,19-20H2,1-2H3,(H,31,35)/t27-/m0/s1. The first kappa shape index (κ1) is 27.4. The summed E-state index contributed by atoms with van der Waals surface area (Å²) in [7, 11) is 2.96. The molecule has 0 spiro atoms. The van der Waals surface area contributed by atoms with Crippen LogP contribution in [0.4, 0.5) is 10.5 Å². The quantitative estimate of drug-likeness (QED) is 0.376. The van der Waals surface area contributed by atoms with E-state index in [9.17, 15) is 9.59 Å². The van der Waals surface area contributed by atoms with E-state index in [-0.39, 0.29) is 18.1 Å². The van der Waals surface area contributed by atoms with Gasteiger partial charge in [-0.05, 0) is 47.5 Å². The van der Waals surface area contributed by atoms with E-state index in [2.05, 4.69) is 10.2 Å². The molecule has 0 aromatic heterocycles. The van der Waals surface area contributed by atoms with Crippen molar-refractivity contribution in [2.24, 2.45) is 0 Å². The number of hydrogen-bond donors (Lipinski definition) is 1. The first-order valence-electron chi connectivity index (χ1n) is 12.4. The van der Waals surface area contributed by atoms with Gasteiger partial charge in [0.15, 0.2) is 0 Å². The van der Waals surface area contributed by atoms with Gasteiger partial charge in [0.2, 0.25) is 0 Å². The Morgan fingerprint density at radius 1 is 0.947 bits per heavy atom. The topological polar surface area (TPSA) is 80.3 Å². The largest absolute Gasteiger partial charge is 0.497 e. The van der Waals surface area contributed by atoms with E-state index in [1.807, 2.05) is 59.5 Å². The first-order chi connectivity index (χ1) is 18.4. The maximum absolute atomic E-state index is 12.8. The molecule has 0 saturated carbocycles. The number of halogens is 1. The zero-order valence-electron chi connectivity index (χ0n) is 21.6. The highest BCUT2D eigenvalue weighted by atomic mass is 35.5. The van der Waals surface area contributed by atoms with Crippen molar-refractivity contribution in [2.45, 2.75) is 12.7 Å². The number of urea groups is 1. The fraction of sp³-hybridized carbons (Fsp3) is 0.310. The molecule has 0 bridgehead atoms. The summed E-state index contributed by atoms with van der Waals surface area (Å²) >= 11 is 6.11. The minimum absolute atomic E-state index is 0.126. The number of rotatable bonds is 9. The van der Waals surface area contributed by atoms with Crippen molar-refractivity contribution in [3.8, 4) is 5.75 Å². The van der Waals surface area contributed by atoms with Gasteiger partial charge in [-0.15, -0.1) is 0 Å². The van der Waals surface area contributed by atoms with Gasteiger partial charge in [-0.1, -0.05) is 41.9 Å². The molecular formula is C29H32ClN3O5. The summed E-state index contributed by atoms with van der Waals surface area (Å²) in [6.07, 6.45) is -0.190. The lowest BCUT2D eigenvalue weighted by molar-refractivity contribution is 0.00592. The molecule has 1 aliphatic heterocycles.